The Balaban J connectivity index is 1.55. The Kier molecular flexibility index (Phi) is 5.06. The average molecular weight is 460 g/mol. The molecule has 1 aromatic rings. The molecule has 158 valence electrons. The number of nitrogens with zero attached hydrogens (tertiary/aromatic N) is 1. The van der Waals surface area contributed by atoms with Crippen LogP contribution < -0.4 is 0 Å². The highest BCUT2D eigenvalue weighted by Crippen LogP contribution is 2.68. The van der Waals surface area contributed by atoms with Crippen molar-refractivity contribution >= 4 is 27.9 Å². The van der Waals surface area contributed by atoms with Crippen LogP contribution in [0.1, 0.15) is 59.9 Å². The zero-order valence-corrected chi connectivity index (χ0v) is 20.1. The van der Waals surface area contributed by atoms with Crippen LogP contribution in [0.3, 0.4) is 0 Å². The van der Waals surface area contributed by atoms with Crippen molar-refractivity contribution in [3.8, 4) is 0 Å². The molecule has 0 radical (unpaired) electrons. The number of carbonyl (C=O) groups is 1. The average Bonchev–Trinajstić information content (AvgIpc) is 3.15. The summed E-state index contributed by atoms with van der Waals surface area (Å²) in [5.74, 6) is 1.59. The topological polar surface area (TPSA) is 29.5 Å². The molecule has 0 aromatic heterocycles. The molecule has 0 bridgehead atoms. The standard InChI is InChI=1S/C25H34BrNO2/c1-23(2,3)27-19(13-12-16-10-8-7-9-11-16)21(22(27)28)29-25(6)15-18-17(14-20(25)26)24(18,4)5/h7-13,17-21H,14-15H2,1-6H3/b13-12+/t17-,18+,19-,20-,21+,25-/m1/s1. The molecule has 1 amide bonds. The molecule has 4 heteroatoms. The molecule has 2 saturated carbocycles. The van der Waals surface area contributed by atoms with Gasteiger partial charge in [-0.05, 0) is 63.4 Å². The van der Waals surface area contributed by atoms with Gasteiger partial charge in [0, 0.05) is 10.4 Å². The molecule has 1 aromatic carbocycles. The fourth-order valence-corrected chi connectivity index (χ4v) is 6.22. The smallest absolute Gasteiger partial charge is 0.255 e. The molecule has 2 aliphatic carbocycles. The minimum absolute atomic E-state index is 0.0378. The number of hydrogen-bond acceptors (Lipinski definition) is 2. The van der Waals surface area contributed by atoms with Crippen LogP contribution in [-0.2, 0) is 9.53 Å². The molecule has 0 unspecified atom stereocenters. The lowest BCUT2D eigenvalue weighted by Gasteiger charge is -2.55. The number of amides is 1. The van der Waals surface area contributed by atoms with Crippen molar-refractivity contribution in [1.29, 1.82) is 0 Å². The minimum Gasteiger partial charge on any atom is -0.359 e. The van der Waals surface area contributed by atoms with E-state index < -0.39 is 6.10 Å². The number of likely N-dealkylation sites (tertiary alicyclic amines) is 1. The maximum Gasteiger partial charge on any atom is 0.255 e. The zero-order chi connectivity index (χ0) is 21.2. The van der Waals surface area contributed by atoms with Crippen LogP contribution in [0.25, 0.3) is 6.08 Å². The molecule has 0 N–H and O–H groups in total. The number of carbonyl (C=O) groups excluding carboxylic acids is 1. The molecule has 3 fully saturated rings. The van der Waals surface area contributed by atoms with Gasteiger partial charge < -0.3 is 9.64 Å². The number of halogens is 1. The third kappa shape index (κ3) is 3.61. The van der Waals surface area contributed by atoms with Gasteiger partial charge in [0.25, 0.3) is 5.91 Å². The van der Waals surface area contributed by atoms with E-state index in [4.69, 9.17) is 4.74 Å². The van der Waals surface area contributed by atoms with E-state index in [2.05, 4.69) is 81.8 Å². The Hall–Kier alpha value is -1.13. The maximum atomic E-state index is 13.1. The van der Waals surface area contributed by atoms with Crippen molar-refractivity contribution in [2.24, 2.45) is 17.3 Å². The summed E-state index contributed by atoms with van der Waals surface area (Å²) in [6, 6.07) is 10.2. The lowest BCUT2D eigenvalue weighted by molar-refractivity contribution is -0.201. The molecular formula is C25H34BrNO2. The van der Waals surface area contributed by atoms with Crippen LogP contribution in [-0.4, -0.2) is 38.9 Å². The summed E-state index contributed by atoms with van der Waals surface area (Å²) in [6.45, 7) is 13.2. The Bertz CT molecular complexity index is 812. The van der Waals surface area contributed by atoms with E-state index in [-0.39, 0.29) is 27.9 Å². The zero-order valence-electron chi connectivity index (χ0n) is 18.5. The highest BCUT2D eigenvalue weighted by atomic mass is 79.9. The van der Waals surface area contributed by atoms with E-state index in [1.165, 1.54) is 0 Å². The maximum absolute atomic E-state index is 13.1. The molecule has 6 atom stereocenters. The molecule has 3 aliphatic rings. The van der Waals surface area contributed by atoms with Gasteiger partial charge in [-0.15, -0.1) is 0 Å². The number of fused-ring (bicyclic) bond motifs is 1. The fourth-order valence-electron chi connectivity index (χ4n) is 5.52. The third-order valence-electron chi connectivity index (χ3n) is 7.53. The van der Waals surface area contributed by atoms with Crippen LogP contribution in [0.4, 0.5) is 0 Å². The number of alkyl halides is 1. The Morgan fingerprint density at radius 2 is 1.79 bits per heavy atom. The summed E-state index contributed by atoms with van der Waals surface area (Å²) >= 11 is 3.91. The molecule has 1 aliphatic heterocycles. The van der Waals surface area contributed by atoms with E-state index in [1.807, 2.05) is 23.1 Å². The second kappa shape index (κ2) is 6.95. The van der Waals surface area contributed by atoms with E-state index in [9.17, 15) is 4.79 Å². The van der Waals surface area contributed by atoms with Gasteiger partial charge in [-0.25, -0.2) is 0 Å². The normalized spacial score (nSPS) is 38.7. The van der Waals surface area contributed by atoms with E-state index in [1.54, 1.807) is 0 Å². The van der Waals surface area contributed by atoms with E-state index in [0.717, 1.165) is 24.3 Å². The van der Waals surface area contributed by atoms with E-state index in [0.29, 0.717) is 11.3 Å². The fraction of sp³-hybridized carbons (Fsp3) is 0.640. The molecule has 0 spiro atoms. The molecule has 1 heterocycles. The van der Waals surface area contributed by atoms with Crippen molar-refractivity contribution in [2.45, 2.75) is 82.5 Å². The Morgan fingerprint density at radius 1 is 1.14 bits per heavy atom. The summed E-state index contributed by atoms with van der Waals surface area (Å²) in [5.41, 5.74) is 1.01. The van der Waals surface area contributed by atoms with Crippen molar-refractivity contribution in [3.63, 3.8) is 0 Å². The summed E-state index contributed by atoms with van der Waals surface area (Å²) in [6.07, 6.45) is 6.00. The van der Waals surface area contributed by atoms with Crippen molar-refractivity contribution < 1.29 is 9.53 Å². The molecule has 29 heavy (non-hydrogen) atoms. The summed E-state index contributed by atoms with van der Waals surface area (Å²) < 4.78 is 6.67. The Labute approximate surface area is 184 Å². The predicted octanol–water partition coefficient (Wildman–Crippen LogP) is 5.68. The van der Waals surface area contributed by atoms with Crippen LogP contribution in [0.15, 0.2) is 36.4 Å². The van der Waals surface area contributed by atoms with Gasteiger partial charge in [0.05, 0.1) is 11.6 Å². The monoisotopic (exact) mass is 459 g/mol. The minimum atomic E-state index is -0.405. The second-order valence-electron chi connectivity index (χ2n) is 10.9. The second-order valence-corrected chi connectivity index (χ2v) is 12.0. The summed E-state index contributed by atoms with van der Waals surface area (Å²) in [4.78, 5) is 15.4. The molecular weight excluding hydrogens is 426 g/mol. The van der Waals surface area contributed by atoms with Gasteiger partial charge in [0.2, 0.25) is 0 Å². The summed E-state index contributed by atoms with van der Waals surface area (Å²) in [7, 11) is 0. The van der Waals surface area contributed by atoms with Crippen LogP contribution in [0.5, 0.6) is 0 Å². The first-order chi connectivity index (χ1) is 13.4. The van der Waals surface area contributed by atoms with Gasteiger partial charge in [-0.1, -0.05) is 72.3 Å². The molecule has 3 nitrogen and oxygen atoms in total. The SMILES string of the molecule is CC1(C)[C@@H]2C[C@@H](Br)[C@](C)(O[C@@H]3C(=O)N(C(C)(C)C)[C@@H]3/C=C/c3ccccc3)C[C@@H]21. The number of β-lactam (4-membered cyclic amide) rings is 1. The van der Waals surface area contributed by atoms with Gasteiger partial charge in [0.15, 0.2) is 6.10 Å². The van der Waals surface area contributed by atoms with Crippen LogP contribution >= 0.6 is 15.9 Å². The quantitative estimate of drug-likeness (QED) is 0.427. The summed E-state index contributed by atoms with van der Waals surface area (Å²) in [5, 5.41) is 0. The highest BCUT2D eigenvalue weighted by Gasteiger charge is 2.65. The molecule has 4 rings (SSSR count). The van der Waals surface area contributed by atoms with Gasteiger partial charge >= 0.3 is 0 Å². The largest absolute Gasteiger partial charge is 0.359 e. The van der Waals surface area contributed by atoms with Gasteiger partial charge in [0.1, 0.15) is 0 Å². The predicted molar refractivity (Wildman–Crippen MR) is 122 cm³/mol. The first-order valence-electron chi connectivity index (χ1n) is 10.8. The Morgan fingerprint density at radius 3 is 2.41 bits per heavy atom. The van der Waals surface area contributed by atoms with Crippen molar-refractivity contribution in [2.75, 3.05) is 0 Å². The van der Waals surface area contributed by atoms with Crippen molar-refractivity contribution in [3.05, 3.63) is 42.0 Å². The van der Waals surface area contributed by atoms with E-state index >= 15 is 0 Å². The van der Waals surface area contributed by atoms with Gasteiger partial charge in [-0.2, -0.15) is 0 Å². The van der Waals surface area contributed by atoms with Crippen LogP contribution in [0, 0.1) is 17.3 Å². The number of benzene rings is 1. The van der Waals surface area contributed by atoms with Crippen molar-refractivity contribution in [1.82, 2.24) is 4.90 Å². The lowest BCUT2D eigenvalue weighted by Crippen LogP contribution is -2.72. The van der Waals surface area contributed by atoms with Crippen LogP contribution in [0.2, 0.25) is 0 Å². The number of hydrogen-bond donors (Lipinski definition) is 0. The first kappa shape index (κ1) is 21.1. The first-order valence-corrected chi connectivity index (χ1v) is 11.7. The number of ether oxygens (including phenoxy) is 1. The third-order valence-corrected chi connectivity index (χ3v) is 8.87. The lowest BCUT2D eigenvalue weighted by atomic mass is 9.84. The van der Waals surface area contributed by atoms with Gasteiger partial charge in [-0.3, -0.25) is 4.79 Å². The number of rotatable bonds is 4. The molecule has 1 saturated heterocycles. The highest BCUT2D eigenvalue weighted by molar-refractivity contribution is 9.09.